The summed E-state index contributed by atoms with van der Waals surface area (Å²) in [4.78, 5) is 6.88. The van der Waals surface area contributed by atoms with Crippen LogP contribution in [0.5, 0.6) is 11.8 Å². The predicted octanol–water partition coefficient (Wildman–Crippen LogP) is 2.27. The smallest absolute Gasteiger partial charge is 0.322 e. The number of nitrogens with two attached hydrogens (primary N) is 1. The summed E-state index contributed by atoms with van der Waals surface area (Å²) in [6.45, 7) is 0. The fourth-order valence-electron chi connectivity index (χ4n) is 1.07. The van der Waals surface area contributed by atoms with Crippen LogP contribution in [-0.2, 0) is 0 Å². The van der Waals surface area contributed by atoms with Gasteiger partial charge in [-0.2, -0.15) is 0 Å². The summed E-state index contributed by atoms with van der Waals surface area (Å²) in [5.74, 6) is -2.79. The quantitative estimate of drug-likeness (QED) is 0.819. The van der Waals surface area contributed by atoms with Crippen LogP contribution >= 0.6 is 0 Å². The maximum Gasteiger partial charge on any atom is 0.322 e. The van der Waals surface area contributed by atoms with E-state index in [1.54, 1.807) is 0 Å². The second kappa shape index (κ2) is 4.28. The number of hydrogen-bond acceptors (Lipinski definition) is 4. The topological polar surface area (TPSA) is 61.0 Å². The van der Waals surface area contributed by atoms with Gasteiger partial charge in [0.1, 0.15) is 5.82 Å². The molecule has 0 saturated carbocycles. The number of rotatable bonds is 2. The standard InChI is InChI=1S/C10H6F3N3O/c11-5-3-15-10(16-4-5)17-9-2-6(12)8(14)1-7(9)13/h1-4H,14H2. The summed E-state index contributed by atoms with van der Waals surface area (Å²) in [5, 5.41) is 0. The van der Waals surface area contributed by atoms with E-state index in [0.717, 1.165) is 24.5 Å². The average Bonchev–Trinajstić information content (AvgIpc) is 2.29. The Kier molecular flexibility index (Phi) is 2.82. The average molecular weight is 241 g/mol. The zero-order chi connectivity index (χ0) is 12.4. The summed E-state index contributed by atoms with van der Waals surface area (Å²) < 4.78 is 43.7. The minimum atomic E-state index is -0.864. The van der Waals surface area contributed by atoms with Crippen molar-refractivity contribution in [3.05, 3.63) is 42.0 Å². The number of hydrogen-bond donors (Lipinski definition) is 1. The second-order valence-corrected chi connectivity index (χ2v) is 3.09. The Bertz CT molecular complexity index is 545. The van der Waals surface area contributed by atoms with Crippen molar-refractivity contribution in [2.24, 2.45) is 0 Å². The van der Waals surface area contributed by atoms with Crippen LogP contribution in [0.15, 0.2) is 24.5 Å². The van der Waals surface area contributed by atoms with Crippen LogP contribution in [0.3, 0.4) is 0 Å². The van der Waals surface area contributed by atoms with Crippen LogP contribution in [0.2, 0.25) is 0 Å². The SMILES string of the molecule is Nc1cc(F)c(Oc2ncc(F)cn2)cc1F. The molecule has 0 bridgehead atoms. The normalized spacial score (nSPS) is 10.3. The molecule has 0 spiro atoms. The third-order valence-electron chi connectivity index (χ3n) is 1.85. The summed E-state index contributed by atoms with van der Waals surface area (Å²) in [6.07, 6.45) is 1.68. The van der Waals surface area contributed by atoms with Crippen molar-refractivity contribution < 1.29 is 17.9 Å². The molecule has 0 radical (unpaired) electrons. The van der Waals surface area contributed by atoms with E-state index in [9.17, 15) is 13.2 Å². The van der Waals surface area contributed by atoms with Crippen molar-refractivity contribution in [2.75, 3.05) is 5.73 Å². The van der Waals surface area contributed by atoms with E-state index in [0.29, 0.717) is 0 Å². The van der Waals surface area contributed by atoms with Crippen molar-refractivity contribution >= 4 is 5.69 Å². The van der Waals surface area contributed by atoms with E-state index >= 15 is 0 Å². The van der Waals surface area contributed by atoms with E-state index in [1.165, 1.54) is 0 Å². The number of nitrogens with zero attached hydrogens (tertiary/aromatic N) is 2. The molecule has 2 aromatic rings. The van der Waals surface area contributed by atoms with Crippen molar-refractivity contribution in [3.8, 4) is 11.8 Å². The van der Waals surface area contributed by atoms with Gasteiger partial charge in [0.05, 0.1) is 18.1 Å². The monoisotopic (exact) mass is 241 g/mol. The van der Waals surface area contributed by atoms with E-state index in [1.807, 2.05) is 0 Å². The van der Waals surface area contributed by atoms with Gasteiger partial charge in [0.2, 0.25) is 0 Å². The minimum absolute atomic E-state index is 0.297. The van der Waals surface area contributed by atoms with E-state index in [4.69, 9.17) is 10.5 Å². The Morgan fingerprint density at radius 1 is 1.00 bits per heavy atom. The van der Waals surface area contributed by atoms with Gasteiger partial charge < -0.3 is 10.5 Å². The number of anilines is 1. The maximum absolute atomic E-state index is 13.3. The number of ether oxygens (including phenoxy) is 1. The molecule has 0 amide bonds. The molecule has 1 aromatic carbocycles. The fraction of sp³-hybridized carbons (Fsp3) is 0. The van der Waals surface area contributed by atoms with Crippen molar-refractivity contribution in [2.45, 2.75) is 0 Å². The van der Waals surface area contributed by atoms with Crippen LogP contribution in [0.1, 0.15) is 0 Å². The number of aromatic nitrogens is 2. The molecule has 2 N–H and O–H groups in total. The van der Waals surface area contributed by atoms with E-state index < -0.39 is 23.2 Å². The van der Waals surface area contributed by atoms with E-state index in [2.05, 4.69) is 9.97 Å². The first-order chi connectivity index (χ1) is 8.06. The largest absolute Gasteiger partial charge is 0.421 e. The number of benzene rings is 1. The molecule has 0 aliphatic heterocycles. The fourth-order valence-corrected chi connectivity index (χ4v) is 1.07. The molecule has 88 valence electrons. The first-order valence-electron chi connectivity index (χ1n) is 4.46. The van der Waals surface area contributed by atoms with Crippen molar-refractivity contribution in [1.29, 1.82) is 0 Å². The summed E-state index contributed by atoms with van der Waals surface area (Å²) in [7, 11) is 0. The number of halogens is 3. The molecular weight excluding hydrogens is 235 g/mol. The van der Waals surface area contributed by atoms with Gasteiger partial charge in [-0.3, -0.25) is 0 Å². The molecule has 4 nitrogen and oxygen atoms in total. The maximum atomic E-state index is 13.3. The Morgan fingerprint density at radius 2 is 1.65 bits per heavy atom. The lowest BCUT2D eigenvalue weighted by atomic mass is 10.3. The predicted molar refractivity (Wildman–Crippen MR) is 52.8 cm³/mol. The van der Waals surface area contributed by atoms with Crippen LogP contribution in [-0.4, -0.2) is 9.97 Å². The second-order valence-electron chi connectivity index (χ2n) is 3.09. The molecular formula is C10H6F3N3O. The third-order valence-corrected chi connectivity index (χ3v) is 1.85. The Labute approximate surface area is 93.9 Å². The molecule has 0 atom stereocenters. The molecule has 0 unspecified atom stereocenters. The van der Waals surface area contributed by atoms with Crippen LogP contribution in [0.25, 0.3) is 0 Å². The van der Waals surface area contributed by atoms with E-state index in [-0.39, 0.29) is 11.7 Å². The Balaban J connectivity index is 2.30. The summed E-state index contributed by atoms with van der Waals surface area (Å²) >= 11 is 0. The Morgan fingerprint density at radius 3 is 2.29 bits per heavy atom. The molecule has 7 heteroatoms. The van der Waals surface area contributed by atoms with Gasteiger partial charge in [-0.1, -0.05) is 0 Å². The van der Waals surface area contributed by atoms with Crippen molar-refractivity contribution in [1.82, 2.24) is 9.97 Å². The minimum Gasteiger partial charge on any atom is -0.421 e. The highest BCUT2D eigenvalue weighted by molar-refractivity contribution is 5.45. The van der Waals surface area contributed by atoms with Gasteiger partial charge >= 0.3 is 6.01 Å². The zero-order valence-electron chi connectivity index (χ0n) is 8.32. The summed E-state index contributed by atoms with van der Waals surface area (Å²) in [6, 6.07) is 1.24. The van der Waals surface area contributed by atoms with Gasteiger partial charge in [0.25, 0.3) is 0 Å². The van der Waals surface area contributed by atoms with Crippen LogP contribution in [0.4, 0.5) is 18.9 Å². The Hall–Kier alpha value is -2.31. The zero-order valence-corrected chi connectivity index (χ0v) is 8.32. The molecule has 17 heavy (non-hydrogen) atoms. The van der Waals surface area contributed by atoms with Crippen LogP contribution in [0, 0.1) is 17.5 Å². The summed E-state index contributed by atoms with van der Waals surface area (Å²) in [5.41, 5.74) is 4.81. The number of nitrogen functional groups attached to an aromatic ring is 1. The molecule has 1 aromatic heterocycles. The highest BCUT2D eigenvalue weighted by atomic mass is 19.1. The highest BCUT2D eigenvalue weighted by Gasteiger charge is 2.11. The molecule has 1 heterocycles. The highest BCUT2D eigenvalue weighted by Crippen LogP contribution is 2.25. The molecule has 0 aliphatic rings. The molecule has 0 fully saturated rings. The van der Waals surface area contributed by atoms with Crippen molar-refractivity contribution in [3.63, 3.8) is 0 Å². The van der Waals surface area contributed by atoms with Gasteiger partial charge in [-0.15, -0.1) is 0 Å². The van der Waals surface area contributed by atoms with Crippen LogP contribution < -0.4 is 10.5 Å². The molecule has 2 rings (SSSR count). The first kappa shape index (κ1) is 11.2. The lowest BCUT2D eigenvalue weighted by Gasteiger charge is -2.05. The lowest BCUT2D eigenvalue weighted by Crippen LogP contribution is -1.98. The van der Waals surface area contributed by atoms with Gasteiger partial charge in [0, 0.05) is 12.1 Å². The molecule has 0 saturated heterocycles. The van der Waals surface area contributed by atoms with Gasteiger partial charge in [0.15, 0.2) is 17.4 Å². The third kappa shape index (κ3) is 2.44. The lowest BCUT2D eigenvalue weighted by molar-refractivity contribution is 0.404. The van der Waals surface area contributed by atoms with Gasteiger partial charge in [-0.25, -0.2) is 23.1 Å². The molecule has 0 aliphatic carbocycles. The van der Waals surface area contributed by atoms with Gasteiger partial charge in [-0.05, 0) is 0 Å². The first-order valence-corrected chi connectivity index (χ1v) is 4.46.